The van der Waals surface area contributed by atoms with Crippen LogP contribution in [0.25, 0.3) is 0 Å². The van der Waals surface area contributed by atoms with Crippen molar-refractivity contribution >= 4 is 5.97 Å². The van der Waals surface area contributed by atoms with Gasteiger partial charge >= 0.3 is 5.97 Å². The van der Waals surface area contributed by atoms with Crippen molar-refractivity contribution in [2.45, 2.75) is 46.1 Å². The maximum atomic E-state index is 11.2. The van der Waals surface area contributed by atoms with E-state index in [0.717, 1.165) is 17.4 Å². The highest BCUT2D eigenvalue weighted by atomic mass is 16.4. The lowest BCUT2D eigenvalue weighted by molar-refractivity contribution is -0.142. The van der Waals surface area contributed by atoms with Crippen molar-refractivity contribution in [3.8, 4) is 0 Å². The molecule has 3 atom stereocenters. The Balaban J connectivity index is 1.76. The molecule has 2 N–H and O–H groups in total. The molecule has 1 aliphatic carbocycles. The van der Waals surface area contributed by atoms with E-state index in [2.05, 4.69) is 12.2 Å². The Bertz CT molecular complexity index is 452. The maximum absolute atomic E-state index is 11.2. The number of furan rings is 1. The van der Waals surface area contributed by atoms with Crippen LogP contribution in [0.3, 0.4) is 0 Å². The first-order chi connectivity index (χ1) is 9.47. The number of hydrogen-bond donors (Lipinski definition) is 2. The predicted octanol–water partition coefficient (Wildman–Crippen LogP) is 3.24. The highest BCUT2D eigenvalue weighted by molar-refractivity contribution is 5.70. The molecule has 4 heteroatoms. The van der Waals surface area contributed by atoms with Gasteiger partial charge in [0.05, 0.1) is 12.5 Å². The zero-order valence-corrected chi connectivity index (χ0v) is 12.6. The van der Waals surface area contributed by atoms with E-state index in [1.54, 1.807) is 0 Å². The summed E-state index contributed by atoms with van der Waals surface area (Å²) >= 11 is 0. The Hall–Kier alpha value is -1.29. The summed E-state index contributed by atoms with van der Waals surface area (Å²) in [6.07, 6.45) is 1.92. The quantitative estimate of drug-likeness (QED) is 0.767. The van der Waals surface area contributed by atoms with Gasteiger partial charge in [-0.2, -0.15) is 0 Å². The second kappa shape index (κ2) is 6.44. The van der Waals surface area contributed by atoms with Gasteiger partial charge in [-0.3, -0.25) is 4.79 Å². The average Bonchev–Trinajstić information content (AvgIpc) is 2.91. The molecule has 1 heterocycles. The second-order valence-corrected chi connectivity index (χ2v) is 6.42. The largest absolute Gasteiger partial charge is 0.481 e. The first-order valence-corrected chi connectivity index (χ1v) is 7.49. The Morgan fingerprint density at radius 2 is 2.20 bits per heavy atom. The van der Waals surface area contributed by atoms with Crippen LogP contribution in [-0.4, -0.2) is 17.6 Å². The Morgan fingerprint density at radius 1 is 1.50 bits per heavy atom. The Morgan fingerprint density at radius 3 is 2.75 bits per heavy atom. The standard InChI is InChI=1S/C16H25NO3/c1-10(2)6-12(16(18)19)8-17-9-13-4-5-15(20-13)14-7-11(14)3/h4-5,10-12,14,17H,6-9H2,1-3H3,(H,18,19). The van der Waals surface area contributed by atoms with Crippen molar-refractivity contribution in [2.24, 2.45) is 17.8 Å². The van der Waals surface area contributed by atoms with E-state index in [4.69, 9.17) is 4.42 Å². The number of hydrogen-bond acceptors (Lipinski definition) is 3. The van der Waals surface area contributed by atoms with Crippen molar-refractivity contribution in [1.82, 2.24) is 5.32 Å². The predicted molar refractivity (Wildman–Crippen MR) is 77.5 cm³/mol. The van der Waals surface area contributed by atoms with Crippen LogP contribution in [0.2, 0.25) is 0 Å². The van der Waals surface area contributed by atoms with Gasteiger partial charge < -0.3 is 14.8 Å². The van der Waals surface area contributed by atoms with Crippen molar-refractivity contribution < 1.29 is 14.3 Å². The summed E-state index contributed by atoms with van der Waals surface area (Å²) in [6, 6.07) is 4.04. The Kier molecular flexibility index (Phi) is 4.86. The van der Waals surface area contributed by atoms with E-state index in [9.17, 15) is 9.90 Å². The highest BCUT2D eigenvalue weighted by Gasteiger charge is 2.36. The molecule has 20 heavy (non-hydrogen) atoms. The molecule has 1 aromatic heterocycles. The molecule has 112 valence electrons. The van der Waals surface area contributed by atoms with Crippen LogP contribution < -0.4 is 5.32 Å². The van der Waals surface area contributed by atoms with Crippen molar-refractivity contribution in [3.05, 3.63) is 23.7 Å². The van der Waals surface area contributed by atoms with Gasteiger partial charge in [0.15, 0.2) is 0 Å². The zero-order valence-electron chi connectivity index (χ0n) is 12.6. The third-order valence-corrected chi connectivity index (χ3v) is 3.95. The maximum Gasteiger partial charge on any atom is 0.307 e. The summed E-state index contributed by atoms with van der Waals surface area (Å²) in [5.74, 6) is 2.65. The van der Waals surface area contributed by atoms with Crippen molar-refractivity contribution in [1.29, 1.82) is 0 Å². The molecule has 4 nitrogen and oxygen atoms in total. The summed E-state index contributed by atoms with van der Waals surface area (Å²) in [7, 11) is 0. The summed E-state index contributed by atoms with van der Waals surface area (Å²) in [6.45, 7) is 7.41. The van der Waals surface area contributed by atoms with Gasteiger partial charge in [0.2, 0.25) is 0 Å². The molecule has 1 fully saturated rings. The SMILES string of the molecule is CC(C)CC(CNCc1ccc(C2CC2C)o1)C(=O)O. The molecule has 3 unspecified atom stereocenters. The first-order valence-electron chi connectivity index (χ1n) is 7.49. The summed E-state index contributed by atoms with van der Waals surface area (Å²) < 4.78 is 5.79. The van der Waals surface area contributed by atoms with Crippen LogP contribution in [-0.2, 0) is 11.3 Å². The molecule has 0 aromatic carbocycles. The molecule has 1 saturated carbocycles. The van der Waals surface area contributed by atoms with Gasteiger partial charge in [-0.25, -0.2) is 0 Å². The molecule has 0 radical (unpaired) electrons. The van der Waals surface area contributed by atoms with Crippen LogP contribution in [0, 0.1) is 17.8 Å². The van der Waals surface area contributed by atoms with Crippen LogP contribution in [0.5, 0.6) is 0 Å². The van der Waals surface area contributed by atoms with E-state index in [0.29, 0.717) is 31.3 Å². The normalized spacial score (nSPS) is 23.0. The van der Waals surface area contributed by atoms with Gasteiger partial charge in [0.1, 0.15) is 11.5 Å². The molecule has 2 rings (SSSR count). The van der Waals surface area contributed by atoms with Crippen LogP contribution >= 0.6 is 0 Å². The number of carbonyl (C=O) groups is 1. The topological polar surface area (TPSA) is 62.5 Å². The van der Waals surface area contributed by atoms with Crippen LogP contribution in [0.4, 0.5) is 0 Å². The minimum absolute atomic E-state index is 0.326. The van der Waals surface area contributed by atoms with Crippen molar-refractivity contribution in [2.75, 3.05) is 6.54 Å². The van der Waals surface area contributed by atoms with E-state index < -0.39 is 5.97 Å². The van der Waals surface area contributed by atoms with E-state index in [-0.39, 0.29) is 5.92 Å². The fourth-order valence-electron chi connectivity index (χ4n) is 2.62. The van der Waals surface area contributed by atoms with Crippen LogP contribution in [0.1, 0.15) is 51.1 Å². The lowest BCUT2D eigenvalue weighted by Gasteiger charge is -2.14. The van der Waals surface area contributed by atoms with E-state index in [1.165, 1.54) is 6.42 Å². The van der Waals surface area contributed by atoms with Gasteiger partial charge in [0, 0.05) is 12.5 Å². The zero-order chi connectivity index (χ0) is 14.7. The molecule has 1 aliphatic rings. The average molecular weight is 279 g/mol. The van der Waals surface area contributed by atoms with E-state index >= 15 is 0 Å². The Labute approximate surface area is 120 Å². The monoisotopic (exact) mass is 279 g/mol. The minimum atomic E-state index is -0.724. The fraction of sp³-hybridized carbons (Fsp3) is 0.688. The number of carboxylic acid groups (broad SMARTS) is 1. The third kappa shape index (κ3) is 4.10. The van der Waals surface area contributed by atoms with Gasteiger partial charge in [0.25, 0.3) is 0 Å². The molecule has 1 aromatic rings. The lowest BCUT2D eigenvalue weighted by atomic mass is 9.97. The minimum Gasteiger partial charge on any atom is -0.481 e. The molecule has 0 aliphatic heterocycles. The number of rotatable bonds is 8. The number of aliphatic carboxylic acids is 1. The number of carboxylic acids is 1. The summed E-state index contributed by atoms with van der Waals surface area (Å²) in [5.41, 5.74) is 0. The first kappa shape index (κ1) is 15.1. The van der Waals surface area contributed by atoms with E-state index in [1.807, 2.05) is 26.0 Å². The summed E-state index contributed by atoms with van der Waals surface area (Å²) in [4.78, 5) is 11.2. The van der Waals surface area contributed by atoms with Crippen LogP contribution in [0.15, 0.2) is 16.5 Å². The molecule has 0 saturated heterocycles. The highest BCUT2D eigenvalue weighted by Crippen LogP contribution is 2.47. The molecule has 0 spiro atoms. The van der Waals surface area contributed by atoms with Gasteiger partial charge in [-0.15, -0.1) is 0 Å². The van der Waals surface area contributed by atoms with Crippen molar-refractivity contribution in [3.63, 3.8) is 0 Å². The number of nitrogens with one attached hydrogen (secondary N) is 1. The molecular weight excluding hydrogens is 254 g/mol. The smallest absolute Gasteiger partial charge is 0.307 e. The molecule has 0 bridgehead atoms. The molecule has 0 amide bonds. The third-order valence-electron chi connectivity index (χ3n) is 3.95. The van der Waals surface area contributed by atoms with Gasteiger partial charge in [-0.1, -0.05) is 20.8 Å². The molecular formula is C16H25NO3. The lowest BCUT2D eigenvalue weighted by Crippen LogP contribution is -2.29. The fourth-order valence-corrected chi connectivity index (χ4v) is 2.62. The van der Waals surface area contributed by atoms with Gasteiger partial charge in [-0.05, 0) is 36.8 Å². The second-order valence-electron chi connectivity index (χ2n) is 6.42. The summed E-state index contributed by atoms with van der Waals surface area (Å²) in [5, 5.41) is 12.4.